The number of benzene rings is 1. The van der Waals surface area contributed by atoms with Gasteiger partial charge in [-0.3, -0.25) is 9.78 Å². The topological polar surface area (TPSA) is 88.2 Å². The Morgan fingerprint density at radius 2 is 2.16 bits per heavy atom. The summed E-state index contributed by atoms with van der Waals surface area (Å²) >= 11 is 0. The number of anilines is 2. The van der Waals surface area contributed by atoms with E-state index in [0.29, 0.717) is 17.1 Å². The molecular weight excluding hydrogens is 242 g/mol. The summed E-state index contributed by atoms with van der Waals surface area (Å²) in [7, 11) is 0. The molecular formula is C14H15N3O2. The second-order valence-corrected chi connectivity index (χ2v) is 4.31. The first-order valence-electron chi connectivity index (χ1n) is 5.84. The van der Waals surface area contributed by atoms with Crippen LogP contribution in [0.4, 0.5) is 11.4 Å². The third kappa shape index (κ3) is 3.45. The van der Waals surface area contributed by atoms with Crippen molar-refractivity contribution in [2.24, 2.45) is 0 Å². The highest BCUT2D eigenvalue weighted by Gasteiger charge is 2.07. The SMILES string of the molecule is Cc1cc(O)ccc1NC(=O)Cc1ccc(N)cn1. The Hall–Kier alpha value is -2.56. The maximum atomic E-state index is 11.9. The maximum Gasteiger partial charge on any atom is 0.230 e. The fourth-order valence-corrected chi connectivity index (χ4v) is 1.69. The predicted molar refractivity (Wildman–Crippen MR) is 73.8 cm³/mol. The van der Waals surface area contributed by atoms with Gasteiger partial charge in [0.15, 0.2) is 0 Å². The van der Waals surface area contributed by atoms with Gasteiger partial charge in [-0.25, -0.2) is 0 Å². The second kappa shape index (κ2) is 5.39. The van der Waals surface area contributed by atoms with Crippen molar-refractivity contribution in [1.82, 2.24) is 4.98 Å². The number of phenols is 1. The Bertz CT molecular complexity index is 594. The molecule has 0 spiro atoms. The Labute approximate surface area is 111 Å². The molecule has 1 amide bonds. The molecule has 0 saturated heterocycles. The number of aromatic nitrogens is 1. The number of phenolic OH excluding ortho intramolecular Hbond substituents is 1. The zero-order chi connectivity index (χ0) is 13.8. The molecule has 0 aliphatic heterocycles. The van der Waals surface area contributed by atoms with Gasteiger partial charge in [0, 0.05) is 11.4 Å². The molecule has 0 saturated carbocycles. The van der Waals surface area contributed by atoms with Crippen LogP contribution in [0.2, 0.25) is 0 Å². The molecule has 0 aliphatic carbocycles. The molecule has 0 radical (unpaired) electrons. The van der Waals surface area contributed by atoms with Gasteiger partial charge in [-0.2, -0.15) is 0 Å². The molecule has 1 aromatic carbocycles. The summed E-state index contributed by atoms with van der Waals surface area (Å²) in [6, 6.07) is 8.22. The zero-order valence-corrected chi connectivity index (χ0v) is 10.6. The van der Waals surface area contributed by atoms with Crippen molar-refractivity contribution in [2.45, 2.75) is 13.3 Å². The first-order chi connectivity index (χ1) is 9.04. The number of nitrogens with zero attached hydrogens (tertiary/aromatic N) is 1. The Kier molecular flexibility index (Phi) is 3.66. The molecule has 2 aromatic rings. The molecule has 4 N–H and O–H groups in total. The first kappa shape index (κ1) is 12.9. The summed E-state index contributed by atoms with van der Waals surface area (Å²) in [5.74, 6) is 0.0155. The van der Waals surface area contributed by atoms with E-state index in [2.05, 4.69) is 10.3 Å². The molecule has 1 heterocycles. The highest BCUT2D eigenvalue weighted by molar-refractivity contribution is 5.92. The normalized spacial score (nSPS) is 10.2. The largest absolute Gasteiger partial charge is 0.508 e. The monoisotopic (exact) mass is 257 g/mol. The van der Waals surface area contributed by atoms with Crippen molar-refractivity contribution in [3.63, 3.8) is 0 Å². The summed E-state index contributed by atoms with van der Waals surface area (Å²) in [4.78, 5) is 15.9. The average Bonchev–Trinajstić information content (AvgIpc) is 2.36. The fourth-order valence-electron chi connectivity index (χ4n) is 1.69. The minimum atomic E-state index is -0.161. The smallest absolute Gasteiger partial charge is 0.230 e. The van der Waals surface area contributed by atoms with Gasteiger partial charge in [0.05, 0.1) is 18.3 Å². The lowest BCUT2D eigenvalue weighted by Gasteiger charge is -2.08. The van der Waals surface area contributed by atoms with Gasteiger partial charge < -0.3 is 16.2 Å². The second-order valence-electron chi connectivity index (χ2n) is 4.31. The van der Waals surface area contributed by atoms with E-state index in [9.17, 15) is 9.90 Å². The van der Waals surface area contributed by atoms with Crippen LogP contribution in [0, 0.1) is 6.92 Å². The third-order valence-corrected chi connectivity index (χ3v) is 2.67. The van der Waals surface area contributed by atoms with E-state index in [4.69, 9.17) is 5.73 Å². The number of aromatic hydroxyl groups is 1. The Morgan fingerprint density at radius 3 is 2.79 bits per heavy atom. The van der Waals surface area contributed by atoms with Crippen molar-refractivity contribution < 1.29 is 9.90 Å². The quantitative estimate of drug-likeness (QED) is 0.732. The molecule has 2 rings (SSSR count). The lowest BCUT2D eigenvalue weighted by atomic mass is 10.2. The van der Waals surface area contributed by atoms with Crippen LogP contribution in [0.3, 0.4) is 0 Å². The van der Waals surface area contributed by atoms with Crippen LogP contribution in [0.5, 0.6) is 5.75 Å². The lowest BCUT2D eigenvalue weighted by molar-refractivity contribution is -0.115. The Balaban J connectivity index is 2.03. The molecule has 1 aromatic heterocycles. The highest BCUT2D eigenvalue weighted by Crippen LogP contribution is 2.20. The summed E-state index contributed by atoms with van der Waals surface area (Å²) in [5, 5.41) is 12.1. The van der Waals surface area contributed by atoms with Gasteiger partial charge in [-0.15, -0.1) is 0 Å². The molecule has 0 fully saturated rings. The number of aryl methyl sites for hydroxylation is 1. The van der Waals surface area contributed by atoms with Crippen molar-refractivity contribution in [3.8, 4) is 5.75 Å². The number of nitrogen functional groups attached to an aromatic ring is 1. The van der Waals surface area contributed by atoms with Crippen LogP contribution >= 0.6 is 0 Å². The van der Waals surface area contributed by atoms with Gasteiger partial charge in [0.2, 0.25) is 5.91 Å². The number of amides is 1. The number of nitrogens with one attached hydrogen (secondary N) is 1. The summed E-state index contributed by atoms with van der Waals surface area (Å²) in [6.07, 6.45) is 1.70. The first-order valence-corrected chi connectivity index (χ1v) is 5.84. The number of nitrogens with two attached hydrogens (primary N) is 1. The molecule has 0 atom stereocenters. The summed E-state index contributed by atoms with van der Waals surface area (Å²) in [6.45, 7) is 1.82. The highest BCUT2D eigenvalue weighted by atomic mass is 16.3. The average molecular weight is 257 g/mol. The molecule has 5 heteroatoms. The van der Waals surface area contributed by atoms with Gasteiger partial charge in [-0.1, -0.05) is 0 Å². The number of pyridine rings is 1. The van der Waals surface area contributed by atoms with E-state index < -0.39 is 0 Å². The number of rotatable bonds is 3. The van der Waals surface area contributed by atoms with Crippen LogP contribution in [-0.4, -0.2) is 16.0 Å². The maximum absolute atomic E-state index is 11.9. The minimum absolute atomic E-state index is 0.161. The van der Waals surface area contributed by atoms with Crippen molar-refractivity contribution >= 4 is 17.3 Å². The van der Waals surface area contributed by atoms with Crippen LogP contribution < -0.4 is 11.1 Å². The minimum Gasteiger partial charge on any atom is -0.508 e. The molecule has 0 bridgehead atoms. The van der Waals surface area contributed by atoms with Crippen LogP contribution in [0.15, 0.2) is 36.5 Å². The fraction of sp³-hybridized carbons (Fsp3) is 0.143. The van der Waals surface area contributed by atoms with E-state index in [1.807, 2.05) is 6.92 Å². The van der Waals surface area contributed by atoms with E-state index in [0.717, 1.165) is 5.56 Å². The van der Waals surface area contributed by atoms with Crippen molar-refractivity contribution in [3.05, 3.63) is 47.8 Å². The van der Waals surface area contributed by atoms with E-state index in [1.54, 1.807) is 24.3 Å². The van der Waals surface area contributed by atoms with Crippen molar-refractivity contribution in [2.75, 3.05) is 11.1 Å². The molecule has 19 heavy (non-hydrogen) atoms. The predicted octanol–water partition coefficient (Wildman–Crippen LogP) is 1.86. The standard InChI is InChI=1S/C14H15N3O2/c1-9-6-12(18)4-5-13(9)17-14(19)7-11-3-2-10(15)8-16-11/h2-6,8,18H,7,15H2,1H3,(H,17,19). The van der Waals surface area contributed by atoms with Crippen LogP contribution in [-0.2, 0) is 11.2 Å². The van der Waals surface area contributed by atoms with Gasteiger partial charge in [-0.05, 0) is 42.8 Å². The summed E-state index contributed by atoms with van der Waals surface area (Å²) < 4.78 is 0. The Morgan fingerprint density at radius 1 is 1.37 bits per heavy atom. The molecule has 0 aliphatic rings. The number of carbonyl (C=O) groups is 1. The van der Waals surface area contributed by atoms with Gasteiger partial charge >= 0.3 is 0 Å². The van der Waals surface area contributed by atoms with E-state index in [-0.39, 0.29) is 18.1 Å². The third-order valence-electron chi connectivity index (χ3n) is 2.67. The molecule has 98 valence electrons. The van der Waals surface area contributed by atoms with E-state index >= 15 is 0 Å². The van der Waals surface area contributed by atoms with Crippen molar-refractivity contribution in [1.29, 1.82) is 0 Å². The van der Waals surface area contributed by atoms with Gasteiger partial charge in [0.1, 0.15) is 5.75 Å². The number of hydrogen-bond donors (Lipinski definition) is 3. The molecule has 0 unspecified atom stereocenters. The van der Waals surface area contributed by atoms with Crippen LogP contribution in [0.25, 0.3) is 0 Å². The van der Waals surface area contributed by atoms with Gasteiger partial charge in [0.25, 0.3) is 0 Å². The lowest BCUT2D eigenvalue weighted by Crippen LogP contribution is -2.15. The van der Waals surface area contributed by atoms with E-state index in [1.165, 1.54) is 12.3 Å². The zero-order valence-electron chi connectivity index (χ0n) is 10.6. The molecule has 5 nitrogen and oxygen atoms in total. The summed E-state index contributed by atoms with van der Waals surface area (Å²) in [5.41, 5.74) is 8.24. The number of hydrogen-bond acceptors (Lipinski definition) is 4. The van der Waals surface area contributed by atoms with Crippen LogP contribution in [0.1, 0.15) is 11.3 Å². The number of carbonyl (C=O) groups excluding carboxylic acids is 1.